The average Bonchev–Trinajstić information content (AvgIpc) is 2.73. The Labute approximate surface area is 126 Å². The maximum atomic E-state index is 12.5. The Morgan fingerprint density at radius 3 is 2.55 bits per heavy atom. The van der Waals surface area contributed by atoms with E-state index in [2.05, 4.69) is 15.0 Å². The number of H-pyrrole nitrogens is 1. The molecule has 1 aliphatic heterocycles. The van der Waals surface area contributed by atoms with Gasteiger partial charge in [-0.25, -0.2) is 14.9 Å². The molecule has 1 amide bonds. The van der Waals surface area contributed by atoms with Gasteiger partial charge in [-0.1, -0.05) is 30.3 Å². The summed E-state index contributed by atoms with van der Waals surface area (Å²) in [4.78, 5) is 36.4. The van der Waals surface area contributed by atoms with Crippen molar-refractivity contribution >= 4 is 23.8 Å². The van der Waals surface area contributed by atoms with Crippen molar-refractivity contribution in [3.05, 3.63) is 63.7 Å². The third-order valence-electron chi connectivity index (χ3n) is 3.20. The molecule has 6 nitrogen and oxygen atoms in total. The lowest BCUT2D eigenvalue weighted by atomic mass is 10.2. The van der Waals surface area contributed by atoms with Crippen LogP contribution in [0.3, 0.4) is 0 Å². The van der Waals surface area contributed by atoms with Gasteiger partial charge in [-0.05, 0) is 25.5 Å². The minimum absolute atomic E-state index is 0.188. The van der Waals surface area contributed by atoms with Gasteiger partial charge in [0, 0.05) is 11.8 Å². The van der Waals surface area contributed by atoms with Crippen molar-refractivity contribution in [2.24, 2.45) is 4.99 Å². The number of aromatic amines is 1. The summed E-state index contributed by atoms with van der Waals surface area (Å²) in [5.74, 6) is 0.351. The molecule has 0 radical (unpaired) electrons. The SMILES string of the molecule is CC1=N/C(=C/c2ccccc2)C(=O)N1c1nc(C)cc(=O)[nH]1. The van der Waals surface area contributed by atoms with Gasteiger partial charge in [0.1, 0.15) is 11.5 Å². The number of benzene rings is 1. The van der Waals surface area contributed by atoms with Crippen LogP contribution in [0.1, 0.15) is 18.2 Å². The molecule has 6 heteroatoms. The normalized spacial score (nSPS) is 16.3. The molecule has 22 heavy (non-hydrogen) atoms. The van der Waals surface area contributed by atoms with Crippen molar-refractivity contribution in [1.82, 2.24) is 9.97 Å². The lowest BCUT2D eigenvalue weighted by Crippen LogP contribution is -2.33. The monoisotopic (exact) mass is 294 g/mol. The van der Waals surface area contributed by atoms with E-state index < -0.39 is 0 Å². The van der Waals surface area contributed by atoms with Gasteiger partial charge in [0.05, 0.1) is 0 Å². The average molecular weight is 294 g/mol. The van der Waals surface area contributed by atoms with Crippen molar-refractivity contribution in [2.45, 2.75) is 13.8 Å². The Balaban J connectivity index is 2.00. The van der Waals surface area contributed by atoms with E-state index in [9.17, 15) is 9.59 Å². The van der Waals surface area contributed by atoms with Crippen molar-refractivity contribution in [2.75, 3.05) is 4.90 Å². The Morgan fingerprint density at radius 1 is 1.14 bits per heavy atom. The zero-order valence-corrected chi connectivity index (χ0v) is 12.2. The number of amidine groups is 1. The van der Waals surface area contributed by atoms with Crippen LogP contribution in [0.25, 0.3) is 6.08 Å². The fourth-order valence-corrected chi connectivity index (χ4v) is 2.25. The van der Waals surface area contributed by atoms with E-state index in [0.717, 1.165) is 5.56 Å². The van der Waals surface area contributed by atoms with Crippen LogP contribution in [0.2, 0.25) is 0 Å². The molecule has 0 spiro atoms. The highest BCUT2D eigenvalue weighted by atomic mass is 16.2. The number of aliphatic imine (C=N–C) groups is 1. The highest BCUT2D eigenvalue weighted by molar-refractivity contribution is 6.27. The van der Waals surface area contributed by atoms with Crippen LogP contribution in [0.4, 0.5) is 5.95 Å². The first-order valence-corrected chi connectivity index (χ1v) is 6.79. The molecule has 0 bridgehead atoms. The second-order valence-corrected chi connectivity index (χ2v) is 4.95. The van der Waals surface area contributed by atoms with Crippen LogP contribution in [0, 0.1) is 6.92 Å². The van der Waals surface area contributed by atoms with Gasteiger partial charge in [0.25, 0.3) is 11.5 Å². The minimum Gasteiger partial charge on any atom is -0.292 e. The smallest absolute Gasteiger partial charge is 0.284 e. The van der Waals surface area contributed by atoms with E-state index >= 15 is 0 Å². The maximum Gasteiger partial charge on any atom is 0.284 e. The van der Waals surface area contributed by atoms with Crippen molar-refractivity contribution in [3.8, 4) is 0 Å². The van der Waals surface area contributed by atoms with Gasteiger partial charge in [0.15, 0.2) is 0 Å². The fraction of sp³-hybridized carbons (Fsp3) is 0.125. The fourth-order valence-electron chi connectivity index (χ4n) is 2.25. The number of anilines is 1. The summed E-state index contributed by atoms with van der Waals surface area (Å²) < 4.78 is 0. The number of rotatable bonds is 2. The van der Waals surface area contributed by atoms with Gasteiger partial charge >= 0.3 is 0 Å². The van der Waals surface area contributed by atoms with Gasteiger partial charge in [-0.15, -0.1) is 0 Å². The van der Waals surface area contributed by atoms with Crippen molar-refractivity contribution in [3.63, 3.8) is 0 Å². The molecule has 1 aromatic heterocycles. The van der Waals surface area contributed by atoms with E-state index in [1.807, 2.05) is 30.3 Å². The molecule has 0 saturated carbocycles. The lowest BCUT2D eigenvalue weighted by molar-refractivity contribution is -0.113. The Hall–Kier alpha value is -3.02. The molecule has 110 valence electrons. The molecule has 0 unspecified atom stereocenters. The number of aromatic nitrogens is 2. The van der Waals surface area contributed by atoms with Crippen LogP contribution in [0.15, 0.2) is 51.9 Å². The highest BCUT2D eigenvalue weighted by Crippen LogP contribution is 2.21. The predicted octanol–water partition coefficient (Wildman–Crippen LogP) is 1.88. The van der Waals surface area contributed by atoms with Crippen LogP contribution in [-0.2, 0) is 4.79 Å². The summed E-state index contributed by atoms with van der Waals surface area (Å²) in [6.45, 7) is 3.40. The Morgan fingerprint density at radius 2 is 1.86 bits per heavy atom. The van der Waals surface area contributed by atoms with E-state index in [1.54, 1.807) is 19.9 Å². The molecule has 1 N–H and O–H groups in total. The van der Waals surface area contributed by atoms with Crippen molar-refractivity contribution in [1.29, 1.82) is 0 Å². The van der Waals surface area contributed by atoms with Gasteiger partial charge in [0.2, 0.25) is 5.95 Å². The summed E-state index contributed by atoms with van der Waals surface area (Å²) in [7, 11) is 0. The lowest BCUT2D eigenvalue weighted by Gasteiger charge is -2.14. The van der Waals surface area contributed by atoms with Gasteiger partial charge in [-0.2, -0.15) is 0 Å². The summed E-state index contributed by atoms with van der Waals surface area (Å²) in [5.41, 5.74) is 1.44. The molecular weight excluding hydrogens is 280 g/mol. The molecular formula is C16H14N4O2. The number of amides is 1. The molecule has 0 aliphatic carbocycles. The van der Waals surface area contributed by atoms with Crippen LogP contribution in [-0.4, -0.2) is 21.7 Å². The molecule has 2 heterocycles. The second kappa shape index (κ2) is 5.40. The molecule has 1 aliphatic rings. The zero-order chi connectivity index (χ0) is 15.7. The van der Waals surface area contributed by atoms with Gasteiger partial charge in [-0.3, -0.25) is 14.6 Å². The molecule has 0 saturated heterocycles. The molecule has 3 rings (SSSR count). The molecule has 2 aromatic rings. The number of hydrogen-bond acceptors (Lipinski definition) is 4. The first-order valence-electron chi connectivity index (χ1n) is 6.79. The van der Waals surface area contributed by atoms with E-state index in [4.69, 9.17) is 0 Å². The number of nitrogens with zero attached hydrogens (tertiary/aromatic N) is 3. The van der Waals surface area contributed by atoms with E-state index in [-0.39, 0.29) is 17.4 Å². The predicted molar refractivity (Wildman–Crippen MR) is 84.6 cm³/mol. The van der Waals surface area contributed by atoms with E-state index in [1.165, 1.54) is 11.0 Å². The number of carbonyl (C=O) groups excluding carboxylic acids is 1. The quantitative estimate of drug-likeness (QED) is 0.859. The zero-order valence-electron chi connectivity index (χ0n) is 12.2. The largest absolute Gasteiger partial charge is 0.292 e. The summed E-state index contributed by atoms with van der Waals surface area (Å²) >= 11 is 0. The molecule has 1 aromatic carbocycles. The maximum absolute atomic E-state index is 12.5. The first kappa shape index (κ1) is 13.9. The minimum atomic E-state index is -0.310. The van der Waals surface area contributed by atoms with Crippen LogP contribution in [0.5, 0.6) is 0 Å². The van der Waals surface area contributed by atoms with Crippen LogP contribution >= 0.6 is 0 Å². The third-order valence-corrected chi connectivity index (χ3v) is 3.20. The summed E-state index contributed by atoms with van der Waals surface area (Å²) in [6, 6.07) is 10.8. The second-order valence-electron chi connectivity index (χ2n) is 4.95. The number of aryl methyl sites for hydroxylation is 1. The summed E-state index contributed by atoms with van der Waals surface area (Å²) in [6.07, 6.45) is 1.71. The molecule has 0 fully saturated rings. The first-order chi connectivity index (χ1) is 10.5. The topological polar surface area (TPSA) is 78.4 Å². The molecule has 0 atom stereocenters. The Kier molecular flexibility index (Phi) is 3.42. The standard InChI is InChI=1S/C16H14N4O2/c1-10-8-14(21)19-16(17-10)20-11(2)18-13(15(20)22)9-12-6-4-3-5-7-12/h3-9H,1-2H3,(H,17,19,21)/b13-9+. The van der Waals surface area contributed by atoms with E-state index in [0.29, 0.717) is 17.2 Å². The number of carbonyl (C=O) groups is 1. The van der Waals surface area contributed by atoms with Gasteiger partial charge < -0.3 is 0 Å². The number of nitrogens with one attached hydrogen (secondary N) is 1. The third kappa shape index (κ3) is 2.58. The van der Waals surface area contributed by atoms with Crippen LogP contribution < -0.4 is 10.5 Å². The summed E-state index contributed by atoms with van der Waals surface area (Å²) in [5, 5.41) is 0. The Bertz CT molecular complexity index is 850. The number of hydrogen-bond donors (Lipinski definition) is 1. The highest BCUT2D eigenvalue weighted by Gasteiger charge is 2.30. The van der Waals surface area contributed by atoms with Crippen molar-refractivity contribution < 1.29 is 4.79 Å².